The van der Waals surface area contributed by atoms with E-state index in [1.165, 1.54) is 0 Å². The fourth-order valence-corrected chi connectivity index (χ4v) is 2.29. The maximum Gasteiger partial charge on any atom is 0.219 e. The van der Waals surface area contributed by atoms with Gasteiger partial charge in [-0.2, -0.15) is 0 Å². The topological polar surface area (TPSA) is 35.0 Å². The molecule has 3 rings (SSSR count). The average molecular weight is 305 g/mol. The molecule has 0 bridgehead atoms. The van der Waals surface area contributed by atoms with Crippen LogP contribution in [0.5, 0.6) is 11.6 Å². The van der Waals surface area contributed by atoms with E-state index in [2.05, 4.69) is 9.97 Å². The molecule has 0 amide bonds. The standard InChI is InChI=1S/C15H10Cl2N2O/c16-9-14-12(17)5-6-15(19-14)20-11-4-3-10-2-1-7-18-13(10)8-11/h1-8H,9H2. The SMILES string of the molecule is ClCc1nc(Oc2ccc3cccnc3c2)ccc1Cl. The zero-order chi connectivity index (χ0) is 13.9. The summed E-state index contributed by atoms with van der Waals surface area (Å²) in [5.74, 6) is 1.38. The van der Waals surface area contributed by atoms with Crippen LogP contribution in [0.25, 0.3) is 10.9 Å². The molecule has 0 fully saturated rings. The number of benzene rings is 1. The van der Waals surface area contributed by atoms with E-state index in [9.17, 15) is 0 Å². The number of alkyl halides is 1. The smallest absolute Gasteiger partial charge is 0.219 e. The molecule has 3 nitrogen and oxygen atoms in total. The van der Waals surface area contributed by atoms with E-state index in [1.54, 1.807) is 18.3 Å². The number of fused-ring (bicyclic) bond motifs is 1. The first kappa shape index (κ1) is 13.2. The van der Waals surface area contributed by atoms with Crippen molar-refractivity contribution in [2.24, 2.45) is 0 Å². The van der Waals surface area contributed by atoms with Crippen LogP contribution in [0.2, 0.25) is 5.02 Å². The lowest BCUT2D eigenvalue weighted by Gasteiger charge is -2.07. The molecular weight excluding hydrogens is 295 g/mol. The molecule has 0 aliphatic carbocycles. The van der Waals surface area contributed by atoms with Gasteiger partial charge in [0.25, 0.3) is 0 Å². The summed E-state index contributed by atoms with van der Waals surface area (Å²) >= 11 is 11.7. The van der Waals surface area contributed by atoms with Crippen molar-refractivity contribution < 1.29 is 4.74 Å². The zero-order valence-corrected chi connectivity index (χ0v) is 11.9. The van der Waals surface area contributed by atoms with Crippen LogP contribution in [-0.4, -0.2) is 9.97 Å². The quantitative estimate of drug-likeness (QED) is 0.651. The van der Waals surface area contributed by atoms with Crippen LogP contribution in [0, 0.1) is 0 Å². The highest BCUT2D eigenvalue weighted by Crippen LogP contribution is 2.26. The Morgan fingerprint density at radius 2 is 2.00 bits per heavy atom. The number of hydrogen-bond donors (Lipinski definition) is 0. The molecule has 5 heteroatoms. The maximum atomic E-state index is 5.96. The lowest BCUT2D eigenvalue weighted by atomic mass is 10.2. The molecule has 2 heterocycles. The van der Waals surface area contributed by atoms with Crippen LogP contribution < -0.4 is 4.74 Å². The van der Waals surface area contributed by atoms with Gasteiger partial charge in [-0.3, -0.25) is 4.98 Å². The number of aromatic nitrogens is 2. The number of nitrogens with zero attached hydrogens (tertiary/aromatic N) is 2. The van der Waals surface area contributed by atoms with Gasteiger partial charge in [0.1, 0.15) is 5.75 Å². The minimum absolute atomic E-state index is 0.245. The Balaban J connectivity index is 1.92. The third kappa shape index (κ3) is 2.69. The molecule has 0 aliphatic rings. The van der Waals surface area contributed by atoms with Gasteiger partial charge >= 0.3 is 0 Å². The molecule has 2 aromatic heterocycles. The van der Waals surface area contributed by atoms with Gasteiger partial charge in [0, 0.05) is 23.7 Å². The van der Waals surface area contributed by atoms with E-state index in [0.29, 0.717) is 22.3 Å². The molecule has 0 spiro atoms. The molecule has 1 aromatic carbocycles. The zero-order valence-electron chi connectivity index (χ0n) is 10.4. The third-order valence-electron chi connectivity index (χ3n) is 2.82. The van der Waals surface area contributed by atoms with E-state index in [0.717, 1.165) is 10.9 Å². The predicted molar refractivity (Wildman–Crippen MR) is 80.6 cm³/mol. The molecule has 20 heavy (non-hydrogen) atoms. The Kier molecular flexibility index (Phi) is 3.72. The molecular formula is C15H10Cl2N2O. The number of halogens is 2. The van der Waals surface area contributed by atoms with Gasteiger partial charge in [-0.1, -0.05) is 17.7 Å². The minimum atomic E-state index is 0.245. The lowest BCUT2D eigenvalue weighted by Crippen LogP contribution is -1.92. The Hall–Kier alpha value is -1.84. The van der Waals surface area contributed by atoms with E-state index in [-0.39, 0.29) is 5.88 Å². The van der Waals surface area contributed by atoms with Crippen LogP contribution in [0.15, 0.2) is 48.7 Å². The van der Waals surface area contributed by atoms with E-state index in [4.69, 9.17) is 27.9 Å². The molecule has 0 radical (unpaired) electrons. The summed E-state index contributed by atoms with van der Waals surface area (Å²) in [6.45, 7) is 0. The van der Waals surface area contributed by atoms with Crippen molar-refractivity contribution in [2.75, 3.05) is 0 Å². The Morgan fingerprint density at radius 3 is 2.85 bits per heavy atom. The van der Waals surface area contributed by atoms with Gasteiger partial charge in [0.05, 0.1) is 22.1 Å². The van der Waals surface area contributed by atoms with Gasteiger partial charge in [0.2, 0.25) is 5.88 Å². The molecule has 0 aliphatic heterocycles. The van der Waals surface area contributed by atoms with Crippen molar-refractivity contribution in [3.05, 3.63) is 59.4 Å². The van der Waals surface area contributed by atoms with Crippen molar-refractivity contribution in [3.63, 3.8) is 0 Å². The maximum absolute atomic E-state index is 5.96. The summed E-state index contributed by atoms with van der Waals surface area (Å²) in [4.78, 5) is 8.55. The lowest BCUT2D eigenvalue weighted by molar-refractivity contribution is 0.462. The number of rotatable bonds is 3. The van der Waals surface area contributed by atoms with Gasteiger partial charge in [-0.05, 0) is 24.3 Å². The first-order valence-electron chi connectivity index (χ1n) is 6.00. The fourth-order valence-electron chi connectivity index (χ4n) is 1.85. The Bertz CT molecular complexity index is 762. The second-order valence-electron chi connectivity index (χ2n) is 4.17. The summed E-state index contributed by atoms with van der Waals surface area (Å²) in [6.07, 6.45) is 1.75. The molecule has 0 N–H and O–H groups in total. The summed E-state index contributed by atoms with van der Waals surface area (Å²) in [5, 5.41) is 1.60. The second kappa shape index (κ2) is 5.65. The Morgan fingerprint density at radius 1 is 1.10 bits per heavy atom. The average Bonchev–Trinajstić information content (AvgIpc) is 2.49. The molecule has 0 saturated heterocycles. The largest absolute Gasteiger partial charge is 0.439 e. The van der Waals surface area contributed by atoms with Gasteiger partial charge in [-0.25, -0.2) is 4.98 Å². The fraction of sp³-hybridized carbons (Fsp3) is 0.0667. The number of pyridine rings is 2. The highest BCUT2D eigenvalue weighted by molar-refractivity contribution is 6.32. The highest BCUT2D eigenvalue weighted by atomic mass is 35.5. The van der Waals surface area contributed by atoms with Crippen LogP contribution in [-0.2, 0) is 5.88 Å². The molecule has 100 valence electrons. The molecule has 0 atom stereocenters. The summed E-state index contributed by atoms with van der Waals surface area (Å²) < 4.78 is 5.72. The minimum Gasteiger partial charge on any atom is -0.439 e. The molecule has 0 unspecified atom stereocenters. The summed E-state index contributed by atoms with van der Waals surface area (Å²) in [7, 11) is 0. The van der Waals surface area contributed by atoms with Crippen LogP contribution in [0.4, 0.5) is 0 Å². The van der Waals surface area contributed by atoms with Crippen molar-refractivity contribution in [1.82, 2.24) is 9.97 Å². The van der Waals surface area contributed by atoms with Crippen LogP contribution in [0.1, 0.15) is 5.69 Å². The summed E-state index contributed by atoms with van der Waals surface area (Å²) in [5.41, 5.74) is 1.47. The van der Waals surface area contributed by atoms with E-state index in [1.807, 2.05) is 30.3 Å². The number of ether oxygens (including phenoxy) is 1. The van der Waals surface area contributed by atoms with Gasteiger partial charge in [-0.15, -0.1) is 11.6 Å². The third-order valence-corrected chi connectivity index (χ3v) is 3.42. The van der Waals surface area contributed by atoms with E-state index < -0.39 is 0 Å². The van der Waals surface area contributed by atoms with Crippen molar-refractivity contribution in [1.29, 1.82) is 0 Å². The van der Waals surface area contributed by atoms with Crippen LogP contribution in [0.3, 0.4) is 0 Å². The first-order valence-corrected chi connectivity index (χ1v) is 6.91. The molecule has 3 aromatic rings. The second-order valence-corrected chi connectivity index (χ2v) is 4.85. The Labute approximate surface area is 126 Å². The monoisotopic (exact) mass is 304 g/mol. The summed E-state index contributed by atoms with van der Waals surface area (Å²) in [6, 6.07) is 13.0. The van der Waals surface area contributed by atoms with Crippen molar-refractivity contribution >= 4 is 34.1 Å². The van der Waals surface area contributed by atoms with Crippen LogP contribution >= 0.6 is 23.2 Å². The van der Waals surface area contributed by atoms with E-state index >= 15 is 0 Å². The molecule has 0 saturated carbocycles. The highest BCUT2D eigenvalue weighted by Gasteiger charge is 2.05. The first-order chi connectivity index (χ1) is 9.76. The van der Waals surface area contributed by atoms with Crippen molar-refractivity contribution in [3.8, 4) is 11.6 Å². The van der Waals surface area contributed by atoms with Gasteiger partial charge < -0.3 is 4.74 Å². The normalized spacial score (nSPS) is 10.7. The van der Waals surface area contributed by atoms with Crippen molar-refractivity contribution in [2.45, 2.75) is 5.88 Å². The number of hydrogen-bond acceptors (Lipinski definition) is 3. The van der Waals surface area contributed by atoms with Gasteiger partial charge in [0.15, 0.2) is 0 Å². The predicted octanol–water partition coefficient (Wildman–Crippen LogP) is 4.81.